The van der Waals surface area contributed by atoms with Crippen LogP contribution in [0, 0.1) is 0 Å². The van der Waals surface area contributed by atoms with Crippen molar-refractivity contribution in [3.8, 4) is 5.88 Å². The molecule has 0 aliphatic carbocycles. The third-order valence-corrected chi connectivity index (χ3v) is 2.91. The van der Waals surface area contributed by atoms with Crippen molar-refractivity contribution >= 4 is 5.95 Å². The van der Waals surface area contributed by atoms with Gasteiger partial charge in [-0.05, 0) is 26.3 Å². The molecule has 1 saturated heterocycles. The number of hydrogen-bond donors (Lipinski definition) is 1. The Labute approximate surface area is 102 Å². The van der Waals surface area contributed by atoms with Crippen molar-refractivity contribution in [3.63, 3.8) is 0 Å². The highest BCUT2D eigenvalue weighted by atomic mass is 16.5. The lowest BCUT2D eigenvalue weighted by atomic mass is 10.2. The third kappa shape index (κ3) is 3.30. The van der Waals surface area contributed by atoms with Gasteiger partial charge in [0.15, 0.2) is 0 Å². The maximum atomic E-state index is 5.37. The number of anilines is 1. The second-order valence-electron chi connectivity index (χ2n) is 4.30. The second-order valence-corrected chi connectivity index (χ2v) is 4.30. The molecule has 5 heteroatoms. The van der Waals surface area contributed by atoms with Crippen LogP contribution in [0.2, 0.25) is 0 Å². The summed E-state index contributed by atoms with van der Waals surface area (Å²) >= 11 is 0. The molecule has 1 aromatic rings. The molecule has 0 aromatic carbocycles. The first-order valence-corrected chi connectivity index (χ1v) is 6.20. The summed E-state index contributed by atoms with van der Waals surface area (Å²) in [5.74, 6) is 1.37. The van der Waals surface area contributed by atoms with Crippen LogP contribution in [-0.2, 0) is 0 Å². The van der Waals surface area contributed by atoms with Gasteiger partial charge < -0.3 is 15.0 Å². The molecule has 0 spiro atoms. The van der Waals surface area contributed by atoms with Crippen LogP contribution in [0.3, 0.4) is 0 Å². The van der Waals surface area contributed by atoms with Crippen molar-refractivity contribution in [3.05, 3.63) is 12.3 Å². The standard InChI is InChI=1S/C12H20N4O/c1-3-17-11-6-8-14-12(15-11)16(2)9-10-5-4-7-13-10/h6,8,10,13H,3-5,7,9H2,1-2H3. The smallest absolute Gasteiger partial charge is 0.228 e. The summed E-state index contributed by atoms with van der Waals surface area (Å²) in [6.45, 7) is 4.65. The number of likely N-dealkylation sites (N-methyl/N-ethyl adjacent to an activating group) is 1. The van der Waals surface area contributed by atoms with Gasteiger partial charge in [0, 0.05) is 31.9 Å². The first-order valence-electron chi connectivity index (χ1n) is 6.20. The molecule has 0 saturated carbocycles. The monoisotopic (exact) mass is 236 g/mol. The van der Waals surface area contributed by atoms with Crippen molar-refractivity contribution < 1.29 is 4.74 Å². The molecular weight excluding hydrogens is 216 g/mol. The van der Waals surface area contributed by atoms with E-state index in [0.717, 1.165) is 19.0 Å². The minimum atomic E-state index is 0.555. The molecule has 17 heavy (non-hydrogen) atoms. The van der Waals surface area contributed by atoms with Crippen LogP contribution in [0.4, 0.5) is 5.95 Å². The number of nitrogens with one attached hydrogen (secondary N) is 1. The lowest BCUT2D eigenvalue weighted by Crippen LogP contribution is -2.36. The first kappa shape index (κ1) is 12.1. The fourth-order valence-corrected chi connectivity index (χ4v) is 2.07. The maximum absolute atomic E-state index is 5.37. The van der Waals surface area contributed by atoms with Gasteiger partial charge in [-0.2, -0.15) is 4.98 Å². The fraction of sp³-hybridized carbons (Fsp3) is 0.667. The van der Waals surface area contributed by atoms with Crippen molar-refractivity contribution in [1.82, 2.24) is 15.3 Å². The van der Waals surface area contributed by atoms with E-state index in [1.165, 1.54) is 12.8 Å². The molecule has 2 rings (SSSR count). The van der Waals surface area contributed by atoms with E-state index in [9.17, 15) is 0 Å². The van der Waals surface area contributed by atoms with E-state index in [0.29, 0.717) is 18.5 Å². The summed E-state index contributed by atoms with van der Waals surface area (Å²) in [5.41, 5.74) is 0. The summed E-state index contributed by atoms with van der Waals surface area (Å²) in [7, 11) is 2.02. The molecule has 0 bridgehead atoms. The molecule has 1 N–H and O–H groups in total. The topological polar surface area (TPSA) is 50.3 Å². The van der Waals surface area contributed by atoms with Crippen LogP contribution in [-0.4, -0.2) is 42.8 Å². The normalized spacial score (nSPS) is 19.3. The Morgan fingerprint density at radius 2 is 2.47 bits per heavy atom. The molecule has 5 nitrogen and oxygen atoms in total. The molecular formula is C12H20N4O. The lowest BCUT2D eigenvalue weighted by molar-refractivity contribution is 0.326. The Morgan fingerprint density at radius 1 is 1.59 bits per heavy atom. The molecule has 1 aromatic heterocycles. The molecule has 1 fully saturated rings. The Kier molecular flexibility index (Phi) is 4.14. The van der Waals surface area contributed by atoms with E-state index in [1.54, 1.807) is 12.3 Å². The summed E-state index contributed by atoms with van der Waals surface area (Å²) in [5, 5.41) is 3.47. The minimum Gasteiger partial charge on any atom is -0.478 e. The van der Waals surface area contributed by atoms with Crippen LogP contribution >= 0.6 is 0 Å². The minimum absolute atomic E-state index is 0.555. The van der Waals surface area contributed by atoms with Crippen molar-refractivity contribution in [2.24, 2.45) is 0 Å². The number of rotatable bonds is 5. The van der Waals surface area contributed by atoms with Crippen molar-refractivity contribution in [2.45, 2.75) is 25.8 Å². The Balaban J connectivity index is 1.97. The third-order valence-electron chi connectivity index (χ3n) is 2.91. The van der Waals surface area contributed by atoms with E-state index in [1.807, 2.05) is 14.0 Å². The average molecular weight is 236 g/mol. The summed E-state index contributed by atoms with van der Waals surface area (Å²) < 4.78 is 5.37. The molecule has 1 unspecified atom stereocenters. The highest BCUT2D eigenvalue weighted by Crippen LogP contribution is 2.13. The maximum Gasteiger partial charge on any atom is 0.228 e. The van der Waals surface area contributed by atoms with Crippen LogP contribution < -0.4 is 15.0 Å². The summed E-state index contributed by atoms with van der Waals surface area (Å²) in [6, 6.07) is 2.34. The van der Waals surface area contributed by atoms with Gasteiger partial charge in [0.05, 0.1) is 6.61 Å². The van der Waals surface area contributed by atoms with Crippen molar-refractivity contribution in [1.29, 1.82) is 0 Å². The van der Waals surface area contributed by atoms with E-state index >= 15 is 0 Å². The molecule has 1 aliphatic rings. The molecule has 0 amide bonds. The van der Waals surface area contributed by atoms with Crippen LogP contribution in [0.15, 0.2) is 12.3 Å². The van der Waals surface area contributed by atoms with Gasteiger partial charge in [-0.15, -0.1) is 0 Å². The van der Waals surface area contributed by atoms with E-state index in [4.69, 9.17) is 4.74 Å². The zero-order valence-corrected chi connectivity index (χ0v) is 10.5. The molecule has 0 radical (unpaired) electrons. The largest absolute Gasteiger partial charge is 0.478 e. The van der Waals surface area contributed by atoms with Gasteiger partial charge in [-0.25, -0.2) is 4.98 Å². The number of aromatic nitrogens is 2. The van der Waals surface area contributed by atoms with E-state index < -0.39 is 0 Å². The summed E-state index contributed by atoms with van der Waals surface area (Å²) in [6.07, 6.45) is 4.24. The van der Waals surface area contributed by atoms with Gasteiger partial charge in [-0.3, -0.25) is 0 Å². The van der Waals surface area contributed by atoms with Gasteiger partial charge in [0.2, 0.25) is 11.8 Å². The van der Waals surface area contributed by atoms with Crippen LogP contribution in [0.5, 0.6) is 5.88 Å². The highest BCUT2D eigenvalue weighted by molar-refractivity contribution is 5.31. The quantitative estimate of drug-likeness (QED) is 0.828. The number of ether oxygens (including phenoxy) is 1. The fourth-order valence-electron chi connectivity index (χ4n) is 2.07. The Hall–Kier alpha value is -1.36. The van der Waals surface area contributed by atoms with Gasteiger partial charge in [0.25, 0.3) is 0 Å². The SMILES string of the molecule is CCOc1ccnc(N(C)CC2CCCN2)n1. The summed E-state index contributed by atoms with van der Waals surface area (Å²) in [4.78, 5) is 10.7. The Morgan fingerprint density at radius 3 is 3.18 bits per heavy atom. The number of nitrogens with zero attached hydrogens (tertiary/aromatic N) is 3. The molecule has 94 valence electrons. The van der Waals surface area contributed by atoms with Crippen LogP contribution in [0.1, 0.15) is 19.8 Å². The van der Waals surface area contributed by atoms with Crippen LogP contribution in [0.25, 0.3) is 0 Å². The predicted octanol–water partition coefficient (Wildman–Crippen LogP) is 1.06. The highest BCUT2D eigenvalue weighted by Gasteiger charge is 2.17. The predicted molar refractivity (Wildman–Crippen MR) is 67.5 cm³/mol. The number of hydrogen-bond acceptors (Lipinski definition) is 5. The van der Waals surface area contributed by atoms with E-state index in [-0.39, 0.29) is 0 Å². The zero-order valence-electron chi connectivity index (χ0n) is 10.5. The molecule has 2 heterocycles. The van der Waals surface area contributed by atoms with Crippen molar-refractivity contribution in [2.75, 3.05) is 31.6 Å². The van der Waals surface area contributed by atoms with Gasteiger partial charge in [0.1, 0.15) is 0 Å². The first-order chi connectivity index (χ1) is 8.29. The van der Waals surface area contributed by atoms with Gasteiger partial charge in [-0.1, -0.05) is 0 Å². The molecule has 1 aliphatic heterocycles. The van der Waals surface area contributed by atoms with E-state index in [2.05, 4.69) is 20.2 Å². The zero-order chi connectivity index (χ0) is 12.1. The molecule has 1 atom stereocenters. The Bertz CT molecular complexity index is 352. The lowest BCUT2D eigenvalue weighted by Gasteiger charge is -2.21. The van der Waals surface area contributed by atoms with Gasteiger partial charge >= 0.3 is 0 Å². The second kappa shape index (κ2) is 5.82. The average Bonchev–Trinajstić information content (AvgIpc) is 2.83.